The normalized spacial score (nSPS) is 20.5. The van der Waals surface area contributed by atoms with E-state index in [1.165, 1.54) is 5.56 Å². The van der Waals surface area contributed by atoms with Gasteiger partial charge in [0.05, 0.1) is 6.20 Å². The van der Waals surface area contributed by atoms with Crippen LogP contribution in [0.3, 0.4) is 0 Å². The monoisotopic (exact) mass is 356 g/mol. The van der Waals surface area contributed by atoms with Gasteiger partial charge in [0.15, 0.2) is 5.60 Å². The Morgan fingerprint density at radius 1 is 1.27 bits per heavy atom. The van der Waals surface area contributed by atoms with Crippen molar-refractivity contribution in [2.45, 2.75) is 37.8 Å². The molecule has 2 heterocycles. The standard InChI is InChI=1S/C20H28N4O2/c1-23-15-18(14-22-23)13-21-16-20(26)10-6-12-24(19(20)25)11-5-9-17-7-3-2-4-8-17/h2-4,7-8,14-15,21,26H,5-6,9-13,16H2,1H3/t20-/m0/s1. The predicted molar refractivity (Wildman–Crippen MR) is 100 cm³/mol. The lowest BCUT2D eigenvalue weighted by molar-refractivity contribution is -0.156. The lowest BCUT2D eigenvalue weighted by atomic mass is 9.91. The summed E-state index contributed by atoms with van der Waals surface area (Å²) in [6.45, 7) is 2.30. The Morgan fingerprint density at radius 3 is 2.81 bits per heavy atom. The molecule has 2 aromatic rings. The van der Waals surface area contributed by atoms with Crippen molar-refractivity contribution in [1.82, 2.24) is 20.0 Å². The predicted octanol–water partition coefficient (Wildman–Crippen LogP) is 1.50. The largest absolute Gasteiger partial charge is 0.379 e. The fourth-order valence-electron chi connectivity index (χ4n) is 3.54. The van der Waals surface area contributed by atoms with Crippen LogP contribution >= 0.6 is 0 Å². The van der Waals surface area contributed by atoms with Crippen LogP contribution in [0, 0.1) is 0 Å². The molecule has 0 radical (unpaired) electrons. The van der Waals surface area contributed by atoms with E-state index in [4.69, 9.17) is 0 Å². The van der Waals surface area contributed by atoms with Crippen molar-refractivity contribution in [1.29, 1.82) is 0 Å². The summed E-state index contributed by atoms with van der Waals surface area (Å²) >= 11 is 0. The summed E-state index contributed by atoms with van der Waals surface area (Å²) in [5.41, 5.74) is 1.03. The first-order chi connectivity index (χ1) is 12.6. The minimum absolute atomic E-state index is 0.143. The Hall–Kier alpha value is -2.18. The van der Waals surface area contributed by atoms with Crippen molar-refractivity contribution in [3.63, 3.8) is 0 Å². The van der Waals surface area contributed by atoms with Gasteiger partial charge in [0.25, 0.3) is 5.91 Å². The Kier molecular flexibility index (Phi) is 6.06. The lowest BCUT2D eigenvalue weighted by Crippen LogP contribution is -2.58. The molecule has 6 nitrogen and oxygen atoms in total. The number of piperidine rings is 1. The van der Waals surface area contributed by atoms with Crippen LogP contribution in [0.4, 0.5) is 0 Å². The fraction of sp³-hybridized carbons (Fsp3) is 0.500. The molecule has 0 spiro atoms. The summed E-state index contributed by atoms with van der Waals surface area (Å²) in [5.74, 6) is -0.143. The molecular formula is C20H28N4O2. The molecule has 1 aromatic heterocycles. The van der Waals surface area contributed by atoms with Crippen molar-refractivity contribution in [2.24, 2.45) is 7.05 Å². The third kappa shape index (κ3) is 4.71. The summed E-state index contributed by atoms with van der Waals surface area (Å²) in [5, 5.41) is 18.2. The Labute approximate surface area is 154 Å². The van der Waals surface area contributed by atoms with Gasteiger partial charge in [-0.05, 0) is 31.2 Å². The Bertz CT molecular complexity index is 716. The molecule has 140 valence electrons. The van der Waals surface area contributed by atoms with E-state index in [1.807, 2.05) is 36.3 Å². The highest BCUT2D eigenvalue weighted by atomic mass is 16.3. The molecule has 3 rings (SSSR count). The number of aryl methyl sites for hydroxylation is 2. The summed E-state index contributed by atoms with van der Waals surface area (Å²) in [6, 6.07) is 10.3. The molecule has 2 N–H and O–H groups in total. The second kappa shape index (κ2) is 8.47. The lowest BCUT2D eigenvalue weighted by Gasteiger charge is -2.38. The average Bonchev–Trinajstić information content (AvgIpc) is 3.05. The summed E-state index contributed by atoms with van der Waals surface area (Å²) in [7, 11) is 1.87. The van der Waals surface area contributed by atoms with Crippen molar-refractivity contribution in [3.05, 3.63) is 53.9 Å². The van der Waals surface area contributed by atoms with E-state index in [2.05, 4.69) is 22.5 Å². The zero-order valence-corrected chi connectivity index (χ0v) is 15.4. The molecular weight excluding hydrogens is 328 g/mol. The van der Waals surface area contributed by atoms with Crippen LogP contribution in [0.5, 0.6) is 0 Å². The topological polar surface area (TPSA) is 70.4 Å². The molecule has 1 aromatic carbocycles. The van der Waals surface area contributed by atoms with Crippen LogP contribution in [-0.2, 0) is 24.8 Å². The van der Waals surface area contributed by atoms with Crippen LogP contribution in [-0.4, -0.2) is 50.9 Å². The molecule has 0 aliphatic carbocycles. The average molecular weight is 356 g/mol. The quantitative estimate of drug-likeness (QED) is 0.752. The maximum atomic E-state index is 12.8. The molecule has 0 saturated carbocycles. The van der Waals surface area contributed by atoms with Gasteiger partial charge in [0.2, 0.25) is 0 Å². The van der Waals surface area contributed by atoms with E-state index in [0.717, 1.165) is 31.4 Å². The summed E-state index contributed by atoms with van der Waals surface area (Å²) in [6.07, 6.45) is 6.92. The van der Waals surface area contributed by atoms with Crippen LogP contribution in [0.15, 0.2) is 42.7 Å². The number of nitrogens with zero attached hydrogens (tertiary/aromatic N) is 3. The van der Waals surface area contributed by atoms with Gasteiger partial charge >= 0.3 is 0 Å². The molecule has 1 amide bonds. The van der Waals surface area contributed by atoms with Crippen molar-refractivity contribution < 1.29 is 9.90 Å². The fourth-order valence-corrected chi connectivity index (χ4v) is 3.54. The van der Waals surface area contributed by atoms with Crippen LogP contribution in [0.25, 0.3) is 0 Å². The number of hydrogen-bond donors (Lipinski definition) is 2. The highest BCUT2D eigenvalue weighted by molar-refractivity contribution is 5.86. The van der Waals surface area contributed by atoms with E-state index in [-0.39, 0.29) is 12.5 Å². The zero-order valence-electron chi connectivity index (χ0n) is 15.4. The Morgan fingerprint density at radius 2 is 2.08 bits per heavy atom. The number of amides is 1. The highest BCUT2D eigenvalue weighted by Crippen LogP contribution is 2.22. The Balaban J connectivity index is 1.47. The maximum absolute atomic E-state index is 12.8. The second-order valence-electron chi connectivity index (χ2n) is 7.14. The molecule has 1 saturated heterocycles. The molecule has 0 unspecified atom stereocenters. The minimum atomic E-state index is -1.30. The molecule has 1 aliphatic heterocycles. The van der Waals surface area contributed by atoms with Gasteiger partial charge in [0.1, 0.15) is 0 Å². The number of rotatable bonds is 8. The van der Waals surface area contributed by atoms with E-state index in [0.29, 0.717) is 19.5 Å². The van der Waals surface area contributed by atoms with Crippen LogP contribution in [0.1, 0.15) is 30.4 Å². The van der Waals surface area contributed by atoms with Gasteiger partial charge in [-0.2, -0.15) is 5.10 Å². The number of aliphatic hydroxyl groups is 1. The molecule has 1 fully saturated rings. The first-order valence-corrected chi connectivity index (χ1v) is 9.31. The SMILES string of the molecule is Cn1cc(CNC[C@@]2(O)CCCN(CCCc3ccccc3)C2=O)cn1. The van der Waals surface area contributed by atoms with Gasteiger partial charge in [0, 0.05) is 45.0 Å². The number of carbonyl (C=O) groups is 1. The number of aromatic nitrogens is 2. The molecule has 26 heavy (non-hydrogen) atoms. The van der Waals surface area contributed by atoms with E-state index < -0.39 is 5.60 Å². The van der Waals surface area contributed by atoms with Gasteiger partial charge in [-0.1, -0.05) is 30.3 Å². The molecule has 1 aliphatic rings. The first kappa shape index (κ1) is 18.6. The van der Waals surface area contributed by atoms with Crippen molar-refractivity contribution in [2.75, 3.05) is 19.6 Å². The maximum Gasteiger partial charge on any atom is 0.255 e. The summed E-state index contributed by atoms with van der Waals surface area (Å²) < 4.78 is 1.74. The number of likely N-dealkylation sites (tertiary alicyclic amines) is 1. The molecule has 0 bridgehead atoms. The third-order valence-electron chi connectivity index (χ3n) is 4.94. The number of benzene rings is 1. The van der Waals surface area contributed by atoms with E-state index in [1.54, 1.807) is 10.9 Å². The third-order valence-corrected chi connectivity index (χ3v) is 4.94. The van der Waals surface area contributed by atoms with Gasteiger partial charge in [-0.25, -0.2) is 0 Å². The minimum Gasteiger partial charge on any atom is -0.379 e. The van der Waals surface area contributed by atoms with Crippen LogP contribution in [0.2, 0.25) is 0 Å². The summed E-state index contributed by atoms with van der Waals surface area (Å²) in [4.78, 5) is 14.6. The molecule has 1 atom stereocenters. The number of nitrogens with one attached hydrogen (secondary N) is 1. The highest BCUT2D eigenvalue weighted by Gasteiger charge is 2.41. The van der Waals surface area contributed by atoms with Crippen molar-refractivity contribution >= 4 is 5.91 Å². The second-order valence-corrected chi connectivity index (χ2v) is 7.14. The number of hydrogen-bond acceptors (Lipinski definition) is 4. The first-order valence-electron chi connectivity index (χ1n) is 9.31. The van der Waals surface area contributed by atoms with E-state index in [9.17, 15) is 9.90 Å². The molecule has 6 heteroatoms. The van der Waals surface area contributed by atoms with Crippen molar-refractivity contribution in [3.8, 4) is 0 Å². The van der Waals surface area contributed by atoms with Gasteiger partial charge in [-0.15, -0.1) is 0 Å². The smallest absolute Gasteiger partial charge is 0.255 e. The van der Waals surface area contributed by atoms with Gasteiger partial charge < -0.3 is 15.3 Å². The van der Waals surface area contributed by atoms with Crippen LogP contribution < -0.4 is 5.32 Å². The number of carbonyl (C=O) groups excluding carboxylic acids is 1. The zero-order chi connectivity index (χ0) is 18.4. The van der Waals surface area contributed by atoms with E-state index >= 15 is 0 Å². The van der Waals surface area contributed by atoms with Gasteiger partial charge in [-0.3, -0.25) is 9.48 Å².